The molecule has 0 aromatic heterocycles. The van der Waals surface area contributed by atoms with Crippen LogP contribution in [0.2, 0.25) is 0 Å². The molecule has 0 heterocycles. The maximum atomic E-state index is 11.8. The summed E-state index contributed by atoms with van der Waals surface area (Å²) in [5, 5.41) is 17.2. The van der Waals surface area contributed by atoms with Gasteiger partial charge < -0.3 is 25.4 Å². The van der Waals surface area contributed by atoms with E-state index < -0.39 is 47.9 Å². The highest BCUT2D eigenvalue weighted by Crippen LogP contribution is 2.14. The molecule has 31 heavy (non-hydrogen) atoms. The van der Waals surface area contributed by atoms with E-state index in [0.717, 1.165) is 5.56 Å². The Morgan fingerprint density at radius 3 is 1.65 bits per heavy atom. The molecule has 0 bridgehead atoms. The molecule has 0 fully saturated rings. The van der Waals surface area contributed by atoms with Gasteiger partial charge in [-0.15, -0.1) is 0 Å². The molecular formula is C21H32N2O8. The zero-order valence-corrected chi connectivity index (χ0v) is 18.7. The molecule has 0 radical (unpaired) electrons. The molecule has 0 unspecified atom stereocenters. The first-order valence-electron chi connectivity index (χ1n) is 9.49. The van der Waals surface area contributed by atoms with Crippen molar-refractivity contribution in [1.82, 2.24) is 4.90 Å². The number of carbonyl (C=O) groups excluding carboxylic acids is 2. The predicted octanol–water partition coefficient (Wildman–Crippen LogP) is 2.88. The van der Waals surface area contributed by atoms with Gasteiger partial charge in [-0.25, -0.2) is 14.5 Å². The van der Waals surface area contributed by atoms with Crippen LogP contribution in [-0.4, -0.2) is 63.0 Å². The summed E-state index contributed by atoms with van der Waals surface area (Å²) in [6, 6.07) is 8.54. The number of imide groups is 1. The maximum Gasteiger partial charge on any atom is 0.420 e. The van der Waals surface area contributed by atoms with E-state index in [1.54, 1.807) is 41.5 Å². The number of benzene rings is 1. The smallest absolute Gasteiger partial charge is 0.420 e. The normalized spacial score (nSPS) is 12.0. The van der Waals surface area contributed by atoms with Crippen LogP contribution in [0.15, 0.2) is 30.3 Å². The fourth-order valence-electron chi connectivity index (χ4n) is 1.93. The molecule has 0 saturated heterocycles. The van der Waals surface area contributed by atoms with Gasteiger partial charge in [-0.1, -0.05) is 30.3 Å². The van der Waals surface area contributed by atoms with E-state index in [2.05, 4.69) is 0 Å². The average molecular weight is 440 g/mol. The van der Waals surface area contributed by atoms with E-state index in [0.29, 0.717) is 11.3 Å². The monoisotopic (exact) mass is 440 g/mol. The standard InChI is InChI=1S/C12H21NO6.C9H11NO2/c1-11(2,3)18-9(16)13(7-8(14)15)10(17)19-12(4,5)6;10-8(9(11)12)6-7-4-2-1-3-5-7/h7H2,1-6H3,(H,14,15);1-5,8H,6,10H2,(H,11,12)/t;8-/m.0/s1. The van der Waals surface area contributed by atoms with E-state index in [1.807, 2.05) is 30.3 Å². The number of rotatable bonds is 5. The van der Waals surface area contributed by atoms with E-state index in [-0.39, 0.29) is 0 Å². The zero-order valence-electron chi connectivity index (χ0n) is 18.7. The molecule has 10 heteroatoms. The van der Waals surface area contributed by atoms with Gasteiger partial charge in [0, 0.05) is 0 Å². The lowest BCUT2D eigenvalue weighted by Gasteiger charge is -2.27. The summed E-state index contributed by atoms with van der Waals surface area (Å²) in [5.41, 5.74) is 4.63. The summed E-state index contributed by atoms with van der Waals surface area (Å²) >= 11 is 0. The number of amides is 2. The van der Waals surface area contributed by atoms with Gasteiger partial charge in [0.05, 0.1) is 0 Å². The largest absolute Gasteiger partial charge is 0.480 e. The van der Waals surface area contributed by atoms with E-state index in [9.17, 15) is 19.2 Å². The molecule has 10 nitrogen and oxygen atoms in total. The minimum atomic E-state index is -1.34. The van der Waals surface area contributed by atoms with Gasteiger partial charge in [-0.3, -0.25) is 9.59 Å². The van der Waals surface area contributed by atoms with Crippen LogP contribution < -0.4 is 5.73 Å². The molecule has 174 valence electrons. The summed E-state index contributed by atoms with van der Waals surface area (Å²) < 4.78 is 9.92. The molecule has 1 atom stereocenters. The Hall–Kier alpha value is -3.14. The van der Waals surface area contributed by atoms with Crippen molar-refractivity contribution in [3.8, 4) is 0 Å². The third-order valence-corrected chi connectivity index (χ3v) is 3.14. The van der Waals surface area contributed by atoms with Gasteiger partial charge in [0.15, 0.2) is 0 Å². The molecular weight excluding hydrogens is 408 g/mol. The van der Waals surface area contributed by atoms with Crippen molar-refractivity contribution in [2.75, 3.05) is 6.54 Å². The SMILES string of the molecule is CC(C)(C)OC(=O)N(CC(=O)O)C(=O)OC(C)(C)C.N[C@@H](Cc1ccccc1)C(=O)O. The average Bonchev–Trinajstić information content (AvgIpc) is 2.57. The van der Waals surface area contributed by atoms with Crippen LogP contribution in [0.1, 0.15) is 47.1 Å². The van der Waals surface area contributed by atoms with Gasteiger partial charge in [0.2, 0.25) is 0 Å². The molecule has 0 saturated carbocycles. The van der Waals surface area contributed by atoms with Crippen molar-refractivity contribution >= 4 is 24.1 Å². The fraction of sp³-hybridized carbons (Fsp3) is 0.524. The molecule has 1 rings (SSSR count). The van der Waals surface area contributed by atoms with Crippen molar-refractivity contribution in [3.63, 3.8) is 0 Å². The molecule has 0 aliphatic carbocycles. The summed E-state index contributed by atoms with van der Waals surface area (Å²) in [7, 11) is 0. The highest BCUT2D eigenvalue weighted by molar-refractivity contribution is 5.91. The van der Waals surface area contributed by atoms with Gasteiger partial charge in [0.1, 0.15) is 23.8 Å². The first-order chi connectivity index (χ1) is 14.0. The first-order valence-corrected chi connectivity index (χ1v) is 9.49. The molecule has 0 aliphatic heterocycles. The van der Waals surface area contributed by atoms with Crippen molar-refractivity contribution in [1.29, 1.82) is 0 Å². The van der Waals surface area contributed by atoms with Crippen molar-refractivity contribution in [2.24, 2.45) is 5.73 Å². The second kappa shape index (κ2) is 11.9. The Morgan fingerprint density at radius 2 is 1.32 bits per heavy atom. The Balaban J connectivity index is 0.000000639. The molecule has 2 amide bonds. The Morgan fingerprint density at radius 1 is 0.903 bits per heavy atom. The maximum absolute atomic E-state index is 11.8. The van der Waals surface area contributed by atoms with Crippen molar-refractivity contribution in [2.45, 2.75) is 65.2 Å². The van der Waals surface area contributed by atoms with Gasteiger partial charge >= 0.3 is 24.1 Å². The Labute approximate surface area is 181 Å². The van der Waals surface area contributed by atoms with Crippen LogP contribution in [0.5, 0.6) is 0 Å². The summed E-state index contributed by atoms with van der Waals surface area (Å²) in [6.45, 7) is 8.84. The number of hydrogen-bond donors (Lipinski definition) is 3. The van der Waals surface area contributed by atoms with E-state index in [4.69, 9.17) is 25.4 Å². The third kappa shape index (κ3) is 13.7. The number of ether oxygens (including phenoxy) is 2. The van der Waals surface area contributed by atoms with Gasteiger partial charge in [0.25, 0.3) is 0 Å². The minimum Gasteiger partial charge on any atom is -0.480 e. The topological polar surface area (TPSA) is 156 Å². The number of carboxylic acids is 2. The van der Waals surface area contributed by atoms with Crippen LogP contribution in [-0.2, 0) is 25.5 Å². The van der Waals surface area contributed by atoms with Crippen molar-refractivity contribution < 1.29 is 38.9 Å². The fourth-order valence-corrected chi connectivity index (χ4v) is 1.93. The second-order valence-electron chi connectivity index (χ2n) is 8.58. The molecule has 0 spiro atoms. The minimum absolute atomic E-state index is 0.385. The number of aliphatic carboxylic acids is 2. The highest BCUT2D eigenvalue weighted by atomic mass is 16.6. The number of hydrogen-bond acceptors (Lipinski definition) is 7. The molecule has 4 N–H and O–H groups in total. The lowest BCUT2D eigenvalue weighted by atomic mass is 10.1. The third-order valence-electron chi connectivity index (χ3n) is 3.14. The number of nitrogens with two attached hydrogens (primary N) is 1. The lowest BCUT2D eigenvalue weighted by Crippen LogP contribution is -2.45. The Bertz CT molecular complexity index is 723. The van der Waals surface area contributed by atoms with Crippen LogP contribution in [0.3, 0.4) is 0 Å². The number of carboxylic acid groups (broad SMARTS) is 2. The predicted molar refractivity (Wildman–Crippen MR) is 113 cm³/mol. The van der Waals surface area contributed by atoms with E-state index in [1.165, 1.54) is 0 Å². The molecule has 1 aromatic rings. The highest BCUT2D eigenvalue weighted by Gasteiger charge is 2.32. The van der Waals surface area contributed by atoms with E-state index >= 15 is 0 Å². The number of carbonyl (C=O) groups is 4. The quantitative estimate of drug-likeness (QED) is 0.626. The van der Waals surface area contributed by atoms with Crippen LogP contribution >= 0.6 is 0 Å². The summed E-state index contributed by atoms with van der Waals surface area (Å²) in [4.78, 5) is 45.0. The van der Waals surface area contributed by atoms with Gasteiger partial charge in [-0.2, -0.15) is 0 Å². The molecule has 0 aliphatic rings. The summed E-state index contributed by atoms with van der Waals surface area (Å²) in [6.07, 6.45) is -1.72. The van der Waals surface area contributed by atoms with Crippen LogP contribution in [0.25, 0.3) is 0 Å². The van der Waals surface area contributed by atoms with Crippen LogP contribution in [0.4, 0.5) is 9.59 Å². The van der Waals surface area contributed by atoms with Gasteiger partial charge in [-0.05, 0) is 53.5 Å². The zero-order chi connectivity index (χ0) is 24.4. The second-order valence-corrected chi connectivity index (χ2v) is 8.58. The summed E-state index contributed by atoms with van der Waals surface area (Å²) in [5.74, 6) is -2.30. The Kier molecular flexibility index (Phi) is 10.7. The van der Waals surface area contributed by atoms with Crippen molar-refractivity contribution in [3.05, 3.63) is 35.9 Å². The van der Waals surface area contributed by atoms with Crippen LogP contribution in [0, 0.1) is 0 Å². The molecule has 1 aromatic carbocycles. The lowest BCUT2D eigenvalue weighted by molar-refractivity contribution is -0.139. The first kappa shape index (κ1) is 27.9. The number of nitrogens with zero attached hydrogens (tertiary/aromatic N) is 1.